The van der Waals surface area contributed by atoms with Gasteiger partial charge in [-0.25, -0.2) is 4.39 Å². The van der Waals surface area contributed by atoms with Gasteiger partial charge in [-0.3, -0.25) is 9.69 Å². The van der Waals surface area contributed by atoms with Crippen LogP contribution in [0, 0.1) is 5.82 Å². The molecule has 2 aromatic carbocycles. The van der Waals surface area contributed by atoms with Crippen LogP contribution in [0.5, 0.6) is 0 Å². The standard InChI is InChI=1S/C19H23FN2O/c1-4-22(14(2)3)13-15-8-10-16(11-9-15)19(23)21-18-7-5-6-17(20)12-18/h5-12,14H,4,13H2,1-3H3,(H,21,23). The number of anilines is 1. The van der Waals surface area contributed by atoms with E-state index in [-0.39, 0.29) is 11.7 Å². The van der Waals surface area contributed by atoms with Gasteiger partial charge in [0.2, 0.25) is 0 Å². The van der Waals surface area contributed by atoms with Crippen LogP contribution in [-0.4, -0.2) is 23.4 Å². The van der Waals surface area contributed by atoms with E-state index in [1.807, 2.05) is 12.1 Å². The van der Waals surface area contributed by atoms with E-state index >= 15 is 0 Å². The van der Waals surface area contributed by atoms with E-state index < -0.39 is 0 Å². The molecule has 4 heteroatoms. The summed E-state index contributed by atoms with van der Waals surface area (Å²) in [7, 11) is 0. The molecule has 0 aromatic heterocycles. The molecule has 0 unspecified atom stereocenters. The molecule has 2 aromatic rings. The average molecular weight is 314 g/mol. The second kappa shape index (κ2) is 7.88. The van der Waals surface area contributed by atoms with E-state index in [4.69, 9.17) is 0 Å². The Kier molecular flexibility index (Phi) is 5.88. The number of amides is 1. The number of carbonyl (C=O) groups excluding carboxylic acids is 1. The molecule has 0 aliphatic heterocycles. The maximum absolute atomic E-state index is 13.1. The van der Waals surface area contributed by atoms with Crippen molar-refractivity contribution in [3.63, 3.8) is 0 Å². The highest BCUT2D eigenvalue weighted by atomic mass is 19.1. The quantitative estimate of drug-likeness (QED) is 0.862. The molecule has 0 aliphatic rings. The summed E-state index contributed by atoms with van der Waals surface area (Å²) in [6.45, 7) is 8.33. The lowest BCUT2D eigenvalue weighted by molar-refractivity contribution is 0.102. The van der Waals surface area contributed by atoms with Gasteiger partial charge in [0.25, 0.3) is 5.91 Å². The van der Waals surface area contributed by atoms with Gasteiger partial charge in [0.1, 0.15) is 5.82 Å². The first-order chi connectivity index (χ1) is 11.0. The Morgan fingerprint density at radius 3 is 2.43 bits per heavy atom. The molecule has 1 amide bonds. The van der Waals surface area contributed by atoms with Gasteiger partial charge in [-0.15, -0.1) is 0 Å². The topological polar surface area (TPSA) is 32.3 Å². The minimum absolute atomic E-state index is 0.238. The predicted molar refractivity (Wildman–Crippen MR) is 92.0 cm³/mol. The van der Waals surface area contributed by atoms with Crippen molar-refractivity contribution >= 4 is 11.6 Å². The first kappa shape index (κ1) is 17.2. The van der Waals surface area contributed by atoms with Gasteiger partial charge in [-0.1, -0.05) is 25.1 Å². The molecule has 122 valence electrons. The summed E-state index contributed by atoms with van der Waals surface area (Å²) in [5, 5.41) is 2.70. The Hall–Kier alpha value is -2.20. The molecule has 3 nitrogen and oxygen atoms in total. The van der Waals surface area contributed by atoms with Crippen LogP contribution in [0.3, 0.4) is 0 Å². The molecular weight excluding hydrogens is 291 g/mol. The largest absolute Gasteiger partial charge is 0.322 e. The highest BCUT2D eigenvalue weighted by molar-refractivity contribution is 6.04. The molecule has 0 heterocycles. The van der Waals surface area contributed by atoms with Crippen LogP contribution in [0.2, 0.25) is 0 Å². The fourth-order valence-corrected chi connectivity index (χ4v) is 2.43. The van der Waals surface area contributed by atoms with Gasteiger partial charge >= 0.3 is 0 Å². The van der Waals surface area contributed by atoms with E-state index in [2.05, 4.69) is 31.0 Å². The minimum Gasteiger partial charge on any atom is -0.322 e. The summed E-state index contributed by atoms with van der Waals surface area (Å²) in [5.41, 5.74) is 2.18. The molecule has 0 saturated carbocycles. The van der Waals surface area contributed by atoms with Gasteiger partial charge in [0.15, 0.2) is 0 Å². The Balaban J connectivity index is 2.02. The van der Waals surface area contributed by atoms with E-state index in [0.29, 0.717) is 17.3 Å². The molecule has 0 bridgehead atoms. The van der Waals surface area contributed by atoms with Crippen molar-refractivity contribution in [3.05, 3.63) is 65.5 Å². The smallest absolute Gasteiger partial charge is 0.255 e. The number of rotatable bonds is 6. The fourth-order valence-electron chi connectivity index (χ4n) is 2.43. The summed E-state index contributed by atoms with van der Waals surface area (Å²) in [5.74, 6) is -0.607. The van der Waals surface area contributed by atoms with Crippen molar-refractivity contribution < 1.29 is 9.18 Å². The normalized spacial score (nSPS) is 11.0. The number of nitrogens with one attached hydrogen (secondary N) is 1. The van der Waals surface area contributed by atoms with Gasteiger partial charge in [0.05, 0.1) is 0 Å². The van der Waals surface area contributed by atoms with Crippen LogP contribution in [0.15, 0.2) is 48.5 Å². The Bertz CT molecular complexity index is 653. The summed E-state index contributed by atoms with van der Waals surface area (Å²) in [4.78, 5) is 14.5. The first-order valence-electron chi connectivity index (χ1n) is 7.89. The minimum atomic E-state index is -0.369. The van der Waals surface area contributed by atoms with Crippen LogP contribution in [0.25, 0.3) is 0 Å². The monoisotopic (exact) mass is 314 g/mol. The van der Waals surface area contributed by atoms with Crippen molar-refractivity contribution in [2.75, 3.05) is 11.9 Å². The third-order valence-electron chi connectivity index (χ3n) is 3.82. The number of halogens is 1. The third kappa shape index (κ3) is 4.89. The first-order valence-corrected chi connectivity index (χ1v) is 7.89. The molecular formula is C19H23FN2O. The third-order valence-corrected chi connectivity index (χ3v) is 3.82. The number of nitrogens with zero attached hydrogens (tertiary/aromatic N) is 1. The summed E-state index contributed by atoms with van der Waals surface area (Å²) in [6, 6.07) is 13.9. The zero-order chi connectivity index (χ0) is 16.8. The SMILES string of the molecule is CCN(Cc1ccc(C(=O)Nc2cccc(F)c2)cc1)C(C)C. The molecule has 0 radical (unpaired) electrons. The number of hydrogen-bond donors (Lipinski definition) is 1. The van der Waals surface area contributed by atoms with E-state index in [1.54, 1.807) is 24.3 Å². The maximum Gasteiger partial charge on any atom is 0.255 e. The molecule has 0 fully saturated rings. The molecule has 2 rings (SSSR count). The number of carbonyl (C=O) groups is 1. The number of benzene rings is 2. The van der Waals surface area contributed by atoms with Crippen molar-refractivity contribution in [1.29, 1.82) is 0 Å². The van der Waals surface area contributed by atoms with Crippen LogP contribution in [0.1, 0.15) is 36.7 Å². The van der Waals surface area contributed by atoms with Crippen LogP contribution in [0.4, 0.5) is 10.1 Å². The fraction of sp³-hybridized carbons (Fsp3) is 0.316. The van der Waals surface area contributed by atoms with E-state index in [0.717, 1.165) is 13.1 Å². The van der Waals surface area contributed by atoms with Gasteiger partial charge in [0, 0.05) is 23.8 Å². The second-order valence-corrected chi connectivity index (χ2v) is 5.82. The Morgan fingerprint density at radius 1 is 1.17 bits per heavy atom. The second-order valence-electron chi connectivity index (χ2n) is 5.82. The molecule has 23 heavy (non-hydrogen) atoms. The predicted octanol–water partition coefficient (Wildman–Crippen LogP) is 4.31. The highest BCUT2D eigenvalue weighted by Crippen LogP contribution is 2.13. The van der Waals surface area contributed by atoms with Gasteiger partial charge < -0.3 is 5.32 Å². The summed E-state index contributed by atoms with van der Waals surface area (Å²) in [6.07, 6.45) is 0. The molecule has 0 spiro atoms. The van der Waals surface area contributed by atoms with Crippen LogP contribution >= 0.6 is 0 Å². The summed E-state index contributed by atoms with van der Waals surface area (Å²) >= 11 is 0. The van der Waals surface area contributed by atoms with Gasteiger partial charge in [-0.2, -0.15) is 0 Å². The van der Waals surface area contributed by atoms with E-state index in [9.17, 15) is 9.18 Å². The Morgan fingerprint density at radius 2 is 1.87 bits per heavy atom. The Labute approximate surface area is 137 Å². The van der Waals surface area contributed by atoms with E-state index in [1.165, 1.54) is 17.7 Å². The van der Waals surface area contributed by atoms with Crippen LogP contribution in [-0.2, 0) is 6.54 Å². The lowest BCUT2D eigenvalue weighted by atomic mass is 10.1. The van der Waals surface area contributed by atoms with Crippen molar-refractivity contribution in [2.45, 2.75) is 33.4 Å². The molecule has 0 saturated heterocycles. The van der Waals surface area contributed by atoms with Crippen LogP contribution < -0.4 is 5.32 Å². The summed E-state index contributed by atoms with van der Waals surface area (Å²) < 4.78 is 13.1. The lowest BCUT2D eigenvalue weighted by Gasteiger charge is -2.24. The number of hydrogen-bond acceptors (Lipinski definition) is 2. The molecule has 1 N–H and O–H groups in total. The van der Waals surface area contributed by atoms with Crippen molar-refractivity contribution in [3.8, 4) is 0 Å². The molecule has 0 aliphatic carbocycles. The molecule has 0 atom stereocenters. The zero-order valence-electron chi connectivity index (χ0n) is 13.8. The highest BCUT2D eigenvalue weighted by Gasteiger charge is 2.10. The average Bonchev–Trinajstić information content (AvgIpc) is 2.52. The van der Waals surface area contributed by atoms with Crippen molar-refractivity contribution in [1.82, 2.24) is 4.90 Å². The van der Waals surface area contributed by atoms with Crippen molar-refractivity contribution in [2.24, 2.45) is 0 Å². The zero-order valence-corrected chi connectivity index (χ0v) is 13.8. The maximum atomic E-state index is 13.1. The van der Waals surface area contributed by atoms with Gasteiger partial charge in [-0.05, 0) is 56.3 Å². The lowest BCUT2D eigenvalue weighted by Crippen LogP contribution is -2.29.